The molecule has 3 rings (SSSR count). The lowest BCUT2D eigenvalue weighted by molar-refractivity contribution is -0.126. The van der Waals surface area contributed by atoms with Crippen LogP contribution in [0.25, 0.3) is 0 Å². The van der Waals surface area contributed by atoms with Gasteiger partial charge in [-0.05, 0) is 24.7 Å². The van der Waals surface area contributed by atoms with Gasteiger partial charge in [0.05, 0.1) is 6.04 Å². The molecule has 4 heteroatoms. The smallest absolute Gasteiger partial charge is 0.410 e. The van der Waals surface area contributed by atoms with Crippen LogP contribution in [0.5, 0.6) is 0 Å². The molecule has 2 heterocycles. The average molecular weight is 223 g/mol. The van der Waals surface area contributed by atoms with Crippen molar-refractivity contribution in [3.05, 3.63) is 0 Å². The van der Waals surface area contributed by atoms with Crippen molar-refractivity contribution in [2.75, 3.05) is 6.61 Å². The summed E-state index contributed by atoms with van der Waals surface area (Å²) in [6.07, 6.45) is 3.19. The van der Waals surface area contributed by atoms with Crippen molar-refractivity contribution in [2.45, 2.75) is 44.7 Å². The minimum Gasteiger partial charge on any atom is -0.447 e. The number of carbonyl (C=O) groups excluding carboxylic acids is 2. The number of Topliss-reactive ketones (excluding diaryl/α,β-unsaturated/α-hetero) is 1. The molecule has 0 N–H and O–H groups in total. The number of ketones is 1. The van der Waals surface area contributed by atoms with Gasteiger partial charge >= 0.3 is 6.09 Å². The van der Waals surface area contributed by atoms with Gasteiger partial charge in [0.2, 0.25) is 0 Å². The molecular formula is C12H17NO3. The second-order valence-corrected chi connectivity index (χ2v) is 5.37. The van der Waals surface area contributed by atoms with Crippen molar-refractivity contribution in [1.29, 1.82) is 0 Å². The molecule has 1 aliphatic carbocycles. The van der Waals surface area contributed by atoms with Crippen LogP contribution in [0.15, 0.2) is 0 Å². The first-order valence-corrected chi connectivity index (χ1v) is 6.13. The molecular weight excluding hydrogens is 206 g/mol. The van der Waals surface area contributed by atoms with E-state index in [0.29, 0.717) is 37.1 Å². The van der Waals surface area contributed by atoms with Gasteiger partial charge in [-0.3, -0.25) is 9.69 Å². The van der Waals surface area contributed by atoms with E-state index in [0.717, 1.165) is 12.8 Å². The summed E-state index contributed by atoms with van der Waals surface area (Å²) in [6, 6.07) is 0.344. The largest absolute Gasteiger partial charge is 0.447 e. The van der Waals surface area contributed by atoms with Crippen LogP contribution in [0, 0.1) is 11.8 Å². The van der Waals surface area contributed by atoms with Crippen molar-refractivity contribution in [3.8, 4) is 0 Å². The highest BCUT2D eigenvalue weighted by Gasteiger charge is 2.48. The molecule has 2 saturated heterocycles. The Balaban J connectivity index is 1.88. The van der Waals surface area contributed by atoms with Gasteiger partial charge < -0.3 is 4.74 Å². The van der Waals surface area contributed by atoms with Gasteiger partial charge in [-0.2, -0.15) is 0 Å². The van der Waals surface area contributed by atoms with Crippen LogP contribution in [-0.2, 0) is 9.53 Å². The number of rotatable bonds is 0. The first-order chi connectivity index (χ1) is 7.66. The molecule has 0 aromatic rings. The Kier molecular flexibility index (Phi) is 2.19. The summed E-state index contributed by atoms with van der Waals surface area (Å²) in [6.45, 7) is 2.65. The predicted molar refractivity (Wildman–Crippen MR) is 56.9 cm³/mol. The molecule has 16 heavy (non-hydrogen) atoms. The summed E-state index contributed by atoms with van der Waals surface area (Å²) < 4.78 is 5.10. The van der Waals surface area contributed by atoms with E-state index in [1.165, 1.54) is 0 Å². The zero-order chi connectivity index (χ0) is 11.3. The average Bonchev–Trinajstić information content (AvgIpc) is 2.60. The molecule has 0 spiro atoms. The minimum absolute atomic E-state index is 0.116. The fourth-order valence-corrected chi connectivity index (χ4v) is 3.62. The lowest BCUT2D eigenvalue weighted by atomic mass is 9.70. The third-order valence-corrected chi connectivity index (χ3v) is 4.41. The highest BCUT2D eigenvalue weighted by Crippen LogP contribution is 2.41. The molecule has 4 atom stereocenters. The Morgan fingerprint density at radius 3 is 2.88 bits per heavy atom. The zero-order valence-corrected chi connectivity index (χ0v) is 9.52. The number of nitrogens with zero attached hydrogens (tertiary/aromatic N) is 1. The van der Waals surface area contributed by atoms with Gasteiger partial charge in [0.15, 0.2) is 0 Å². The normalized spacial score (nSPS) is 42.7. The van der Waals surface area contributed by atoms with E-state index in [1.807, 2.05) is 4.90 Å². The molecule has 0 radical (unpaired) electrons. The standard InChI is InChI=1S/C12H17NO3/c1-7-4-9(14)5-11-10(7)3-2-8-6-16-12(15)13(8)11/h7-8,10-11H,2-6H2,1H3/t7-,8+,10+,11-/m0/s1. The fraction of sp³-hybridized carbons (Fsp3) is 0.833. The van der Waals surface area contributed by atoms with Crippen LogP contribution in [0.4, 0.5) is 4.79 Å². The van der Waals surface area contributed by atoms with E-state index < -0.39 is 0 Å². The predicted octanol–water partition coefficient (Wildman–Crippen LogP) is 1.58. The molecule has 0 aromatic carbocycles. The minimum atomic E-state index is -0.207. The van der Waals surface area contributed by atoms with Crippen LogP contribution in [0.2, 0.25) is 0 Å². The van der Waals surface area contributed by atoms with Crippen LogP contribution in [0.3, 0.4) is 0 Å². The molecule has 1 saturated carbocycles. The number of hydrogen-bond donors (Lipinski definition) is 0. The molecule has 3 fully saturated rings. The summed E-state index contributed by atoms with van der Waals surface area (Å²) >= 11 is 0. The highest BCUT2D eigenvalue weighted by atomic mass is 16.6. The van der Waals surface area contributed by atoms with Crippen molar-refractivity contribution < 1.29 is 14.3 Å². The summed E-state index contributed by atoms with van der Waals surface area (Å²) in [5.74, 6) is 1.22. The number of cyclic esters (lactones) is 1. The Hall–Kier alpha value is -1.06. The first-order valence-electron chi connectivity index (χ1n) is 6.13. The second-order valence-electron chi connectivity index (χ2n) is 5.37. The molecule has 3 aliphatic rings. The van der Waals surface area contributed by atoms with Gasteiger partial charge in [0.25, 0.3) is 0 Å². The summed E-state index contributed by atoms with van der Waals surface area (Å²) in [5.41, 5.74) is 0. The van der Waals surface area contributed by atoms with Gasteiger partial charge in [0.1, 0.15) is 12.4 Å². The monoisotopic (exact) mass is 223 g/mol. The number of fused-ring (bicyclic) bond motifs is 3. The van der Waals surface area contributed by atoms with Crippen LogP contribution in [0.1, 0.15) is 32.6 Å². The molecule has 0 unspecified atom stereocenters. The molecule has 0 aromatic heterocycles. The van der Waals surface area contributed by atoms with Gasteiger partial charge in [0, 0.05) is 18.9 Å². The molecule has 4 nitrogen and oxygen atoms in total. The highest BCUT2D eigenvalue weighted by molar-refractivity contribution is 5.81. The van der Waals surface area contributed by atoms with E-state index >= 15 is 0 Å². The first kappa shape index (κ1) is 10.1. The Bertz CT molecular complexity index is 341. The maximum absolute atomic E-state index is 11.7. The van der Waals surface area contributed by atoms with Crippen molar-refractivity contribution in [2.24, 2.45) is 11.8 Å². The summed E-state index contributed by atoms with van der Waals surface area (Å²) in [4.78, 5) is 25.2. The molecule has 1 amide bonds. The zero-order valence-electron chi connectivity index (χ0n) is 9.52. The maximum Gasteiger partial charge on any atom is 0.410 e. The number of carbonyl (C=O) groups is 2. The van der Waals surface area contributed by atoms with Crippen LogP contribution >= 0.6 is 0 Å². The Morgan fingerprint density at radius 2 is 2.06 bits per heavy atom. The van der Waals surface area contributed by atoms with Crippen molar-refractivity contribution in [3.63, 3.8) is 0 Å². The van der Waals surface area contributed by atoms with Gasteiger partial charge in [-0.25, -0.2) is 4.79 Å². The fourth-order valence-electron chi connectivity index (χ4n) is 3.62. The van der Waals surface area contributed by atoms with E-state index in [1.54, 1.807) is 0 Å². The van der Waals surface area contributed by atoms with E-state index in [9.17, 15) is 9.59 Å². The molecule has 2 aliphatic heterocycles. The maximum atomic E-state index is 11.7. The number of ether oxygens (including phenoxy) is 1. The number of amides is 1. The lowest BCUT2D eigenvalue weighted by Gasteiger charge is -2.46. The number of hydrogen-bond acceptors (Lipinski definition) is 3. The Labute approximate surface area is 94.9 Å². The Morgan fingerprint density at radius 1 is 1.25 bits per heavy atom. The van der Waals surface area contributed by atoms with Gasteiger partial charge in [-0.15, -0.1) is 0 Å². The third-order valence-electron chi connectivity index (χ3n) is 4.41. The van der Waals surface area contributed by atoms with E-state index in [-0.39, 0.29) is 18.2 Å². The lowest BCUT2D eigenvalue weighted by Crippen LogP contribution is -2.54. The van der Waals surface area contributed by atoms with E-state index in [4.69, 9.17) is 4.74 Å². The summed E-state index contributed by atoms with van der Waals surface area (Å²) in [5, 5.41) is 0. The quantitative estimate of drug-likeness (QED) is 0.626. The SMILES string of the molecule is C[C@H]1CC(=O)C[C@H]2[C@@H]1CC[C@@H]1COC(=O)N12. The molecule has 88 valence electrons. The second kappa shape index (κ2) is 3.47. The van der Waals surface area contributed by atoms with Crippen molar-refractivity contribution in [1.82, 2.24) is 4.90 Å². The van der Waals surface area contributed by atoms with Crippen LogP contribution < -0.4 is 0 Å². The summed E-state index contributed by atoms with van der Waals surface area (Å²) in [7, 11) is 0. The third kappa shape index (κ3) is 1.35. The molecule has 0 bridgehead atoms. The topological polar surface area (TPSA) is 46.6 Å². The van der Waals surface area contributed by atoms with Crippen LogP contribution in [-0.4, -0.2) is 35.5 Å². The van der Waals surface area contributed by atoms with E-state index in [2.05, 4.69) is 6.92 Å². The number of piperidine rings is 1. The van der Waals surface area contributed by atoms with Crippen molar-refractivity contribution >= 4 is 11.9 Å². The van der Waals surface area contributed by atoms with Gasteiger partial charge in [-0.1, -0.05) is 6.92 Å².